The van der Waals surface area contributed by atoms with Crippen LogP contribution in [0.15, 0.2) is 24.3 Å². The molecule has 264 valence electrons. The summed E-state index contributed by atoms with van der Waals surface area (Å²) in [6.07, 6.45) is -1.64. The highest BCUT2D eigenvalue weighted by Gasteiger charge is 2.30. The molecule has 0 unspecified atom stereocenters. The number of hydrogen-bond donors (Lipinski definition) is 1. The minimum absolute atomic E-state index is 0.132. The van der Waals surface area contributed by atoms with Gasteiger partial charge in [-0.2, -0.15) is 22.7 Å². The molecule has 15 heteroatoms. The van der Waals surface area contributed by atoms with Crippen LogP contribution in [-0.2, 0) is 36.0 Å². The predicted octanol–water partition coefficient (Wildman–Crippen LogP) is 5.54. The highest BCUT2D eigenvalue weighted by Crippen LogP contribution is 2.34. The van der Waals surface area contributed by atoms with Gasteiger partial charge in [-0.15, -0.1) is 11.3 Å². The van der Waals surface area contributed by atoms with Crippen molar-refractivity contribution in [3.8, 4) is 6.07 Å². The molecule has 6 rings (SSSR count). The lowest BCUT2D eigenvalue weighted by atomic mass is 10.0. The van der Waals surface area contributed by atoms with Gasteiger partial charge in [0.15, 0.2) is 0 Å². The van der Waals surface area contributed by atoms with E-state index in [1.54, 1.807) is 6.07 Å². The molecule has 49 heavy (non-hydrogen) atoms. The van der Waals surface area contributed by atoms with Gasteiger partial charge in [-0.3, -0.25) is 9.80 Å². The van der Waals surface area contributed by atoms with E-state index in [2.05, 4.69) is 61.7 Å². The number of nitrogens with one attached hydrogen (secondary N) is 1. The zero-order valence-electron chi connectivity index (χ0n) is 28.3. The maximum Gasteiger partial charge on any atom is 0.393 e. The summed E-state index contributed by atoms with van der Waals surface area (Å²) in [6, 6.07) is 10.5. The first-order valence-electron chi connectivity index (χ1n) is 16.8. The molecule has 1 aromatic carbocycles. The molecule has 0 radical (unpaired) electrons. The van der Waals surface area contributed by atoms with Gasteiger partial charge in [0.05, 0.1) is 18.1 Å². The third-order valence-corrected chi connectivity index (χ3v) is 12.2. The average Bonchev–Trinajstić information content (AvgIpc) is 3.62. The van der Waals surface area contributed by atoms with Crippen LogP contribution in [0.2, 0.25) is 0 Å². The fourth-order valence-corrected chi connectivity index (χ4v) is 8.98. The van der Waals surface area contributed by atoms with Crippen LogP contribution in [0.3, 0.4) is 0 Å². The van der Waals surface area contributed by atoms with Gasteiger partial charge in [-0.05, 0) is 56.0 Å². The minimum atomic E-state index is -4.27. The lowest BCUT2D eigenvalue weighted by Crippen LogP contribution is -2.51. The number of aromatic nitrogens is 3. The van der Waals surface area contributed by atoms with E-state index in [9.17, 15) is 26.9 Å². The SMILES string of the molecule is CCc1nc(NC2CCN(Cc3ccc4c(cc(C#N)n4C[C@@H](C)N4CCN(S(C)(=O)=O)CC4)c3C)CC2)c2cc(CC(F)(F)F)sc2n1. The van der Waals surface area contributed by atoms with Gasteiger partial charge < -0.3 is 9.88 Å². The third-order valence-electron chi connectivity index (χ3n) is 9.90. The molecule has 10 nitrogen and oxygen atoms in total. The molecule has 2 fully saturated rings. The second kappa shape index (κ2) is 14.1. The fraction of sp³-hybridized carbons (Fsp3) is 0.559. The minimum Gasteiger partial charge on any atom is -0.367 e. The number of piperidine rings is 1. The molecule has 1 atom stereocenters. The van der Waals surface area contributed by atoms with Crippen LogP contribution >= 0.6 is 11.3 Å². The van der Waals surface area contributed by atoms with Crippen LogP contribution in [0, 0.1) is 18.3 Å². The maximum absolute atomic E-state index is 13.1. The number of rotatable bonds is 10. The van der Waals surface area contributed by atoms with Crippen molar-refractivity contribution in [2.75, 3.05) is 50.8 Å². The molecule has 5 heterocycles. The number of sulfonamides is 1. The summed E-state index contributed by atoms with van der Waals surface area (Å²) in [6.45, 7) is 11.6. The van der Waals surface area contributed by atoms with Gasteiger partial charge in [-0.25, -0.2) is 18.4 Å². The summed E-state index contributed by atoms with van der Waals surface area (Å²) < 4.78 is 66.7. The smallest absolute Gasteiger partial charge is 0.367 e. The fourth-order valence-electron chi connectivity index (χ4n) is 7.08. The van der Waals surface area contributed by atoms with Gasteiger partial charge in [0.1, 0.15) is 28.2 Å². The van der Waals surface area contributed by atoms with Gasteiger partial charge in [0.25, 0.3) is 0 Å². The Kier molecular flexibility index (Phi) is 10.3. The zero-order chi connectivity index (χ0) is 35.1. The normalized spacial score (nSPS) is 18.3. The quantitative estimate of drug-likeness (QED) is 0.228. The molecule has 0 aliphatic carbocycles. The van der Waals surface area contributed by atoms with Crippen LogP contribution < -0.4 is 5.32 Å². The van der Waals surface area contributed by atoms with Crippen LogP contribution in [0.1, 0.15) is 54.2 Å². The Hall–Kier alpha value is -3.29. The molecule has 3 aromatic heterocycles. The van der Waals surface area contributed by atoms with E-state index < -0.39 is 22.6 Å². The van der Waals surface area contributed by atoms with Crippen molar-refractivity contribution in [1.82, 2.24) is 28.6 Å². The molecule has 0 bridgehead atoms. The average molecular weight is 717 g/mol. The molecule has 4 aromatic rings. The number of likely N-dealkylation sites (tertiary alicyclic amines) is 1. The van der Waals surface area contributed by atoms with E-state index in [0.717, 1.165) is 60.3 Å². The first-order valence-corrected chi connectivity index (χ1v) is 19.4. The van der Waals surface area contributed by atoms with Crippen molar-refractivity contribution >= 4 is 48.3 Å². The predicted molar refractivity (Wildman–Crippen MR) is 187 cm³/mol. The Morgan fingerprint density at radius 1 is 1.08 bits per heavy atom. The van der Waals surface area contributed by atoms with Gasteiger partial charge in [0.2, 0.25) is 10.0 Å². The van der Waals surface area contributed by atoms with Gasteiger partial charge in [0, 0.05) is 86.6 Å². The number of benzene rings is 1. The topological polar surface area (TPSA) is 110 Å². The van der Waals surface area contributed by atoms with Crippen LogP contribution in [0.5, 0.6) is 0 Å². The first kappa shape index (κ1) is 35.5. The van der Waals surface area contributed by atoms with E-state index in [1.165, 1.54) is 16.1 Å². The number of nitrogens with zero attached hydrogens (tertiary/aromatic N) is 7. The number of fused-ring (bicyclic) bond motifs is 2. The van der Waals surface area contributed by atoms with Crippen LogP contribution in [0.4, 0.5) is 19.0 Å². The molecular formula is C34H43F3N8O2S2. The van der Waals surface area contributed by atoms with Gasteiger partial charge in [-0.1, -0.05) is 13.0 Å². The van der Waals surface area contributed by atoms with E-state index >= 15 is 0 Å². The number of aryl methyl sites for hydroxylation is 2. The van der Waals surface area contributed by atoms with E-state index in [1.807, 2.05) is 13.0 Å². The second-order valence-electron chi connectivity index (χ2n) is 13.3. The molecular weight excluding hydrogens is 674 g/mol. The number of hydrogen-bond acceptors (Lipinski definition) is 9. The van der Waals surface area contributed by atoms with Crippen molar-refractivity contribution in [3.63, 3.8) is 0 Å². The summed E-state index contributed by atoms with van der Waals surface area (Å²) in [5.74, 6) is 1.24. The number of anilines is 1. The molecule has 0 saturated carbocycles. The summed E-state index contributed by atoms with van der Waals surface area (Å²) >= 11 is 1.09. The maximum atomic E-state index is 13.1. The van der Waals surface area contributed by atoms with Crippen molar-refractivity contribution < 1.29 is 21.6 Å². The third kappa shape index (κ3) is 8.04. The Morgan fingerprint density at radius 3 is 2.43 bits per heavy atom. The first-order chi connectivity index (χ1) is 23.2. The lowest BCUT2D eigenvalue weighted by molar-refractivity contribution is -0.126. The highest BCUT2D eigenvalue weighted by atomic mass is 32.2. The lowest BCUT2D eigenvalue weighted by Gasteiger charge is -2.37. The molecule has 0 amide bonds. The van der Waals surface area contributed by atoms with E-state index in [-0.39, 0.29) is 17.0 Å². The largest absolute Gasteiger partial charge is 0.393 e. The van der Waals surface area contributed by atoms with Crippen LogP contribution in [-0.4, -0.2) is 101 Å². The summed E-state index contributed by atoms with van der Waals surface area (Å²) in [4.78, 5) is 14.7. The number of thiophene rings is 1. The zero-order valence-corrected chi connectivity index (χ0v) is 30.0. The van der Waals surface area contributed by atoms with Gasteiger partial charge >= 0.3 is 6.18 Å². The summed E-state index contributed by atoms with van der Waals surface area (Å²) in [5, 5.41) is 15.3. The summed E-state index contributed by atoms with van der Waals surface area (Å²) in [5.41, 5.74) is 4.01. The van der Waals surface area contributed by atoms with E-state index in [4.69, 9.17) is 0 Å². The molecule has 0 spiro atoms. The molecule has 2 saturated heterocycles. The second-order valence-corrected chi connectivity index (χ2v) is 16.4. The van der Waals surface area contributed by atoms with Crippen molar-refractivity contribution in [1.29, 1.82) is 5.26 Å². The highest BCUT2D eigenvalue weighted by molar-refractivity contribution is 7.88. The van der Waals surface area contributed by atoms with Crippen molar-refractivity contribution in [3.05, 3.63) is 51.8 Å². The van der Waals surface area contributed by atoms with Crippen LogP contribution in [0.25, 0.3) is 21.1 Å². The Morgan fingerprint density at radius 2 is 1.80 bits per heavy atom. The number of halogens is 3. The Balaban J connectivity index is 1.10. The number of piperazine rings is 1. The number of nitriles is 1. The standard InChI is InChI=1S/C34H43F3N8O2S2/c1-5-31-40-32(29-17-27(18-34(35,36)37)48-33(29)41-31)39-25-8-10-42(11-9-25)21-24-6-7-30-28(23(24)3)16-26(19-38)45(30)20-22(2)43-12-14-44(15-13-43)49(4,46)47/h6-7,16-17,22,25H,5,8-15,18,20-21H2,1-4H3,(H,39,40,41)/t22-/m1/s1. The van der Waals surface area contributed by atoms with Crippen molar-refractivity contribution in [2.45, 2.75) is 77.8 Å². The molecule has 2 aliphatic heterocycles. The monoisotopic (exact) mass is 716 g/mol. The number of alkyl halides is 3. The molecule has 1 N–H and O–H groups in total. The Bertz CT molecular complexity index is 1970. The van der Waals surface area contributed by atoms with Crippen molar-refractivity contribution in [2.24, 2.45) is 0 Å². The molecule has 2 aliphatic rings. The van der Waals surface area contributed by atoms with E-state index in [0.29, 0.717) is 66.7 Å². The Labute approximate surface area is 289 Å². The summed E-state index contributed by atoms with van der Waals surface area (Å²) in [7, 11) is -3.20.